The van der Waals surface area contributed by atoms with Crippen molar-refractivity contribution in [2.24, 2.45) is 0 Å². The van der Waals surface area contributed by atoms with E-state index in [1.807, 2.05) is 0 Å². The minimum Gasteiger partial charge on any atom is -0.380 e. The van der Waals surface area contributed by atoms with E-state index >= 15 is 0 Å². The van der Waals surface area contributed by atoms with Gasteiger partial charge in [0, 0.05) is 0 Å². The largest absolute Gasteiger partial charge is 0.929 e. The molecule has 0 radical (unpaired) electrons. The summed E-state index contributed by atoms with van der Waals surface area (Å²) in [4.78, 5) is 4.57. The van der Waals surface area contributed by atoms with Crippen molar-refractivity contribution < 1.29 is 14.3 Å². The van der Waals surface area contributed by atoms with Crippen LogP contribution in [0.5, 0.6) is 0 Å². The summed E-state index contributed by atoms with van der Waals surface area (Å²) in [5, 5.41) is 14.1. The van der Waals surface area contributed by atoms with Crippen LogP contribution in [0.2, 0.25) is 0 Å². The van der Waals surface area contributed by atoms with Gasteiger partial charge >= 0.3 is 7.32 Å². The monoisotopic (exact) mass is 512 g/mol. The molecule has 3 aromatic heterocycles. The van der Waals surface area contributed by atoms with Crippen molar-refractivity contribution >= 4 is 7.32 Å². The molecule has 0 aliphatic heterocycles. The minimum absolute atomic E-state index is 0.188. The summed E-state index contributed by atoms with van der Waals surface area (Å²) in [5.41, 5.74) is 5.61. The van der Waals surface area contributed by atoms with Gasteiger partial charge in [0.05, 0.1) is 34.2 Å². The van der Waals surface area contributed by atoms with Gasteiger partial charge in [0.1, 0.15) is 0 Å². The maximum Gasteiger partial charge on any atom is 0.929 e. The molecule has 3 rings (SSSR count). The van der Waals surface area contributed by atoms with Gasteiger partial charge in [0.25, 0.3) is 0 Å². The summed E-state index contributed by atoms with van der Waals surface area (Å²) >= 11 is 0. The average molecular weight is 513 g/mol. The number of rotatable bonds is 12. The van der Waals surface area contributed by atoms with Crippen molar-refractivity contribution in [3.8, 4) is 0 Å². The molecule has 0 amide bonds. The molecule has 0 bridgehead atoms. The summed E-state index contributed by atoms with van der Waals surface area (Å²) in [6, 6.07) is 6.21. The lowest BCUT2D eigenvalue weighted by atomic mass is 10.1. The molecular formula is C27H45BN6O3. The maximum atomic E-state index is 6.29. The van der Waals surface area contributed by atoms with Gasteiger partial charge in [0.2, 0.25) is 0 Å². The second-order valence-electron chi connectivity index (χ2n) is 11.6. The van der Waals surface area contributed by atoms with E-state index in [0.717, 1.165) is 34.2 Å². The average Bonchev–Trinajstić information content (AvgIpc) is 3.50. The number of aromatic nitrogens is 6. The SMILES string of the molecule is CC(C)c1cc(C(C)C)n(OB(On2nc(C(C)C)cc2C(C)C)On2nc(C(C)C)cc2C(C)C)n1. The first-order valence-electron chi connectivity index (χ1n) is 13.6. The zero-order valence-corrected chi connectivity index (χ0v) is 24.7. The Morgan fingerprint density at radius 3 is 0.892 bits per heavy atom. The van der Waals surface area contributed by atoms with Crippen LogP contribution in [-0.4, -0.2) is 37.2 Å². The number of hydrogen-bond acceptors (Lipinski definition) is 6. The number of nitrogens with zero attached hydrogens (tertiary/aromatic N) is 6. The molecule has 0 fully saturated rings. The van der Waals surface area contributed by atoms with Crippen LogP contribution in [0.3, 0.4) is 0 Å². The zero-order valence-electron chi connectivity index (χ0n) is 24.7. The van der Waals surface area contributed by atoms with Crippen molar-refractivity contribution in [3.63, 3.8) is 0 Å². The van der Waals surface area contributed by atoms with Gasteiger partial charge in [-0.15, -0.1) is 29.8 Å². The van der Waals surface area contributed by atoms with Crippen LogP contribution in [0, 0.1) is 0 Å². The molecule has 37 heavy (non-hydrogen) atoms. The van der Waals surface area contributed by atoms with Crippen molar-refractivity contribution in [1.29, 1.82) is 0 Å². The van der Waals surface area contributed by atoms with E-state index in [1.54, 1.807) is 0 Å². The van der Waals surface area contributed by atoms with Gasteiger partial charge in [0.15, 0.2) is 0 Å². The van der Waals surface area contributed by atoms with E-state index in [-0.39, 0.29) is 35.5 Å². The van der Waals surface area contributed by atoms with Crippen molar-refractivity contribution in [3.05, 3.63) is 52.4 Å². The van der Waals surface area contributed by atoms with Crippen molar-refractivity contribution in [2.45, 2.75) is 119 Å². The van der Waals surface area contributed by atoms with E-state index in [2.05, 4.69) is 101 Å². The minimum atomic E-state index is -1.20. The first kappa shape index (κ1) is 28.7. The second kappa shape index (κ2) is 11.6. The molecule has 3 heterocycles. The summed E-state index contributed by atoms with van der Waals surface area (Å²) < 4.78 is 18.9. The van der Waals surface area contributed by atoms with Crippen molar-refractivity contribution in [1.82, 2.24) is 29.8 Å². The van der Waals surface area contributed by atoms with Gasteiger partial charge in [-0.25, -0.2) is 0 Å². The molecule has 0 unspecified atom stereocenters. The van der Waals surface area contributed by atoms with Crippen LogP contribution < -0.4 is 14.3 Å². The van der Waals surface area contributed by atoms with Crippen LogP contribution in [0.25, 0.3) is 0 Å². The highest BCUT2D eigenvalue weighted by Crippen LogP contribution is 2.23. The number of hydrogen-bond donors (Lipinski definition) is 0. The van der Waals surface area contributed by atoms with E-state index in [9.17, 15) is 0 Å². The Balaban J connectivity index is 2.05. The Labute approximate surface area is 222 Å². The lowest BCUT2D eigenvalue weighted by Crippen LogP contribution is -2.50. The van der Waals surface area contributed by atoms with Crippen LogP contribution in [0.1, 0.15) is 153 Å². The van der Waals surface area contributed by atoms with E-state index in [4.69, 9.17) is 29.6 Å². The summed E-state index contributed by atoms with van der Waals surface area (Å²) in [6.45, 7) is 25.3. The lowest BCUT2D eigenvalue weighted by molar-refractivity contribution is 0.0315. The third-order valence-corrected chi connectivity index (χ3v) is 6.28. The molecule has 0 N–H and O–H groups in total. The van der Waals surface area contributed by atoms with E-state index in [1.165, 1.54) is 14.5 Å². The molecule has 0 spiro atoms. The fourth-order valence-electron chi connectivity index (χ4n) is 3.76. The third kappa shape index (κ3) is 6.70. The first-order valence-corrected chi connectivity index (χ1v) is 13.6. The highest BCUT2D eigenvalue weighted by atomic mass is 16.9. The van der Waals surface area contributed by atoms with Crippen LogP contribution in [0.4, 0.5) is 0 Å². The molecule has 0 atom stereocenters. The molecule has 0 saturated heterocycles. The lowest BCUT2D eigenvalue weighted by Gasteiger charge is -2.19. The fraction of sp³-hybridized carbons (Fsp3) is 0.667. The Kier molecular flexibility index (Phi) is 9.02. The van der Waals surface area contributed by atoms with Gasteiger partial charge in [-0.1, -0.05) is 83.1 Å². The highest BCUT2D eigenvalue weighted by molar-refractivity contribution is 6.37. The van der Waals surface area contributed by atoms with Crippen LogP contribution in [-0.2, 0) is 0 Å². The predicted molar refractivity (Wildman–Crippen MR) is 147 cm³/mol. The van der Waals surface area contributed by atoms with Gasteiger partial charge in [-0.3, -0.25) is 0 Å². The highest BCUT2D eigenvalue weighted by Gasteiger charge is 2.38. The Morgan fingerprint density at radius 2 is 0.703 bits per heavy atom. The molecule has 204 valence electrons. The van der Waals surface area contributed by atoms with E-state index in [0.29, 0.717) is 0 Å². The Morgan fingerprint density at radius 1 is 0.459 bits per heavy atom. The molecule has 0 aromatic carbocycles. The normalized spacial score (nSPS) is 12.2. The smallest absolute Gasteiger partial charge is 0.380 e. The fourth-order valence-corrected chi connectivity index (χ4v) is 3.76. The van der Waals surface area contributed by atoms with Crippen LogP contribution >= 0.6 is 0 Å². The quantitative estimate of drug-likeness (QED) is 0.290. The summed E-state index contributed by atoms with van der Waals surface area (Å²) in [6.07, 6.45) is 0. The zero-order chi connectivity index (χ0) is 27.6. The molecule has 0 saturated carbocycles. The van der Waals surface area contributed by atoms with Gasteiger partial charge in [-0.05, 0) is 53.7 Å². The topological polar surface area (TPSA) is 81.1 Å². The molecule has 9 nitrogen and oxygen atoms in total. The van der Waals surface area contributed by atoms with Gasteiger partial charge < -0.3 is 14.3 Å². The Hall–Kier alpha value is -2.91. The van der Waals surface area contributed by atoms with Crippen LogP contribution in [0.15, 0.2) is 18.2 Å². The molecule has 0 aliphatic carbocycles. The molecule has 0 aliphatic rings. The molecule has 10 heteroatoms. The predicted octanol–water partition coefficient (Wildman–Crippen LogP) is 5.69. The third-order valence-electron chi connectivity index (χ3n) is 6.28. The molecular weight excluding hydrogens is 467 g/mol. The van der Waals surface area contributed by atoms with Crippen molar-refractivity contribution in [2.75, 3.05) is 0 Å². The maximum absolute atomic E-state index is 6.29. The Bertz CT molecular complexity index is 1020. The molecule has 3 aromatic rings. The first-order chi connectivity index (χ1) is 17.3. The standard InChI is InChI=1S/C27H45BN6O3/c1-16(2)22-13-25(19(7)8)32(29-22)35-28(36-33-26(20(9)10)14-23(30-33)17(3)4)37-34-27(21(11)12)15-24(31-34)18(5)6/h13-21H,1-12H3. The van der Waals surface area contributed by atoms with Gasteiger partial charge in [-0.2, -0.15) is 0 Å². The second-order valence-corrected chi connectivity index (χ2v) is 11.6. The van der Waals surface area contributed by atoms with E-state index < -0.39 is 7.32 Å². The summed E-state index contributed by atoms with van der Waals surface area (Å²) in [7, 11) is -1.20. The summed E-state index contributed by atoms with van der Waals surface area (Å²) in [5.74, 6) is 1.32.